The van der Waals surface area contributed by atoms with Crippen molar-refractivity contribution in [2.75, 3.05) is 0 Å². The summed E-state index contributed by atoms with van der Waals surface area (Å²) < 4.78 is 36.0. The molecule has 0 saturated heterocycles. The molecule has 0 unspecified atom stereocenters. The minimum Gasteiger partial charge on any atom is -0.508 e. The van der Waals surface area contributed by atoms with E-state index in [1.807, 2.05) is 13.8 Å². The summed E-state index contributed by atoms with van der Waals surface area (Å²) in [6.45, 7) is 3.75. The Balaban J connectivity index is 1.98. The van der Waals surface area contributed by atoms with Crippen LogP contribution in [-0.4, -0.2) is 47.6 Å². The van der Waals surface area contributed by atoms with Crippen LogP contribution in [0.3, 0.4) is 0 Å². The van der Waals surface area contributed by atoms with Crippen LogP contribution in [0.1, 0.15) is 25.3 Å². The fraction of sp³-hybridized carbons (Fsp3) is 0.200. The summed E-state index contributed by atoms with van der Waals surface area (Å²) in [7, 11) is -2.85. The number of aryl methyl sites for hydroxylation is 1. The Bertz CT molecular complexity index is 1440. The monoisotopic (exact) mass is 444 g/mol. The molecule has 31 heavy (non-hydrogen) atoms. The van der Waals surface area contributed by atoms with Crippen LogP contribution in [0.4, 0.5) is 0 Å². The first-order valence-electron chi connectivity index (χ1n) is 9.26. The first-order valence-corrected chi connectivity index (χ1v) is 10.7. The van der Waals surface area contributed by atoms with Crippen molar-refractivity contribution in [2.45, 2.75) is 24.7 Å². The van der Waals surface area contributed by atoms with Crippen molar-refractivity contribution in [1.29, 1.82) is 0 Å². The average Bonchev–Trinajstić information content (AvgIpc) is 3.21. The first-order chi connectivity index (χ1) is 14.5. The van der Waals surface area contributed by atoms with Crippen molar-refractivity contribution >= 4 is 21.0 Å². The van der Waals surface area contributed by atoms with Crippen LogP contribution in [0.2, 0.25) is 0 Å². The molecule has 0 fully saturated rings. The van der Waals surface area contributed by atoms with Crippen LogP contribution in [0.5, 0.6) is 17.5 Å². The van der Waals surface area contributed by atoms with Gasteiger partial charge in [0.25, 0.3) is 10.1 Å². The fourth-order valence-corrected chi connectivity index (χ4v) is 4.35. The minimum absolute atomic E-state index is 0.0534. The number of fused-ring (bicyclic) bond motifs is 1. The molecule has 4 rings (SSSR count). The van der Waals surface area contributed by atoms with Crippen LogP contribution in [0.25, 0.3) is 28.0 Å². The summed E-state index contributed by atoms with van der Waals surface area (Å²) in [5.74, 6) is -0.312. The molecule has 0 spiro atoms. The summed E-state index contributed by atoms with van der Waals surface area (Å²) in [5, 5.41) is 38.8. The van der Waals surface area contributed by atoms with Gasteiger partial charge in [0, 0.05) is 30.2 Å². The minimum atomic E-state index is -4.48. The van der Waals surface area contributed by atoms with Gasteiger partial charge in [-0.05, 0) is 35.7 Å². The normalized spacial score (nSPS) is 12.2. The second kappa shape index (κ2) is 7.00. The molecule has 0 aliphatic carbocycles. The number of aromatic hydroxyl groups is 3. The van der Waals surface area contributed by atoms with E-state index in [4.69, 9.17) is 0 Å². The van der Waals surface area contributed by atoms with E-state index in [9.17, 15) is 28.3 Å². The Kier molecular flexibility index (Phi) is 4.67. The van der Waals surface area contributed by atoms with Crippen molar-refractivity contribution in [1.82, 2.24) is 19.3 Å². The number of benzene rings is 2. The molecule has 162 valence electrons. The zero-order chi connectivity index (χ0) is 22.7. The Morgan fingerprint density at radius 3 is 2.35 bits per heavy atom. The molecule has 0 atom stereocenters. The van der Waals surface area contributed by atoms with Crippen LogP contribution < -0.4 is 0 Å². The Labute approximate surface area is 177 Å². The van der Waals surface area contributed by atoms with Gasteiger partial charge in [-0.25, -0.2) is 4.57 Å². The summed E-state index contributed by atoms with van der Waals surface area (Å²) in [6.07, 6.45) is 1.29. The Hall–Kier alpha value is -3.57. The lowest BCUT2D eigenvalue weighted by Crippen LogP contribution is -2.00. The molecule has 0 saturated carbocycles. The van der Waals surface area contributed by atoms with E-state index in [0.29, 0.717) is 16.8 Å². The van der Waals surface area contributed by atoms with E-state index in [2.05, 4.69) is 10.2 Å². The van der Waals surface area contributed by atoms with Gasteiger partial charge in [-0.1, -0.05) is 18.9 Å². The molecule has 2 aromatic carbocycles. The number of nitrogens with zero attached hydrogens (tertiary/aromatic N) is 4. The smallest absolute Gasteiger partial charge is 0.319 e. The molecule has 0 radical (unpaired) electrons. The van der Waals surface area contributed by atoms with E-state index < -0.39 is 16.1 Å². The molecule has 0 amide bonds. The lowest BCUT2D eigenvalue weighted by Gasteiger charge is -2.14. The van der Waals surface area contributed by atoms with Gasteiger partial charge >= 0.3 is 6.01 Å². The topological polar surface area (TPSA) is 151 Å². The highest BCUT2D eigenvalue weighted by molar-refractivity contribution is 7.86. The Morgan fingerprint density at radius 1 is 1.00 bits per heavy atom. The molecule has 0 aliphatic heterocycles. The van der Waals surface area contributed by atoms with E-state index >= 15 is 0 Å². The van der Waals surface area contributed by atoms with Crippen LogP contribution in [0, 0.1) is 0 Å². The summed E-state index contributed by atoms with van der Waals surface area (Å²) in [6, 6.07) is 6.96. The Morgan fingerprint density at radius 2 is 1.71 bits per heavy atom. The first kappa shape index (κ1) is 20.7. The SMILES string of the molecule is CC(C)c1cc(-c2nnc(O)n2-c2ccc3c(c2)c(S(=O)(=O)O)cn3C)c(O)cc1O. The van der Waals surface area contributed by atoms with E-state index in [-0.39, 0.29) is 39.1 Å². The largest absolute Gasteiger partial charge is 0.508 e. The molecule has 2 aromatic heterocycles. The molecule has 11 heteroatoms. The summed E-state index contributed by atoms with van der Waals surface area (Å²) in [5.41, 5.74) is 1.63. The maximum absolute atomic E-state index is 11.8. The molecular weight excluding hydrogens is 424 g/mol. The van der Waals surface area contributed by atoms with Crippen molar-refractivity contribution in [3.8, 4) is 34.6 Å². The van der Waals surface area contributed by atoms with E-state index in [1.54, 1.807) is 29.8 Å². The quantitative estimate of drug-likeness (QED) is 0.351. The molecule has 4 N–H and O–H groups in total. The van der Waals surface area contributed by atoms with E-state index in [0.717, 1.165) is 0 Å². The molecular formula is C20H20N4O6S. The molecule has 0 bridgehead atoms. The maximum atomic E-state index is 11.8. The van der Waals surface area contributed by atoms with Crippen LogP contribution >= 0.6 is 0 Å². The van der Waals surface area contributed by atoms with Gasteiger partial charge in [-0.15, -0.1) is 5.10 Å². The maximum Gasteiger partial charge on any atom is 0.319 e. The second-order valence-electron chi connectivity index (χ2n) is 7.52. The number of phenolic OH excluding ortho intramolecular Hbond substituents is 2. The van der Waals surface area contributed by atoms with Crippen LogP contribution in [0.15, 0.2) is 41.4 Å². The molecule has 10 nitrogen and oxygen atoms in total. The average molecular weight is 444 g/mol. The van der Waals surface area contributed by atoms with Crippen molar-refractivity contribution in [2.24, 2.45) is 7.05 Å². The van der Waals surface area contributed by atoms with Gasteiger partial charge in [0.2, 0.25) is 0 Å². The predicted molar refractivity (Wildman–Crippen MR) is 112 cm³/mol. The molecule has 2 heterocycles. The van der Waals surface area contributed by atoms with Crippen molar-refractivity contribution in [3.05, 3.63) is 42.1 Å². The molecule has 0 aliphatic rings. The van der Waals surface area contributed by atoms with Gasteiger partial charge < -0.3 is 19.9 Å². The zero-order valence-electron chi connectivity index (χ0n) is 16.8. The second-order valence-corrected chi connectivity index (χ2v) is 8.91. The highest BCUT2D eigenvalue weighted by atomic mass is 32.2. The number of aromatic nitrogens is 4. The lowest BCUT2D eigenvalue weighted by atomic mass is 9.98. The fourth-order valence-electron chi connectivity index (χ4n) is 3.61. The molecule has 4 aromatic rings. The third-order valence-electron chi connectivity index (χ3n) is 5.13. The lowest BCUT2D eigenvalue weighted by molar-refractivity contribution is 0.420. The zero-order valence-corrected chi connectivity index (χ0v) is 17.7. The van der Waals surface area contributed by atoms with Gasteiger partial charge in [0.1, 0.15) is 16.4 Å². The van der Waals surface area contributed by atoms with Crippen molar-refractivity contribution < 1.29 is 28.3 Å². The van der Waals surface area contributed by atoms with Gasteiger partial charge in [0.15, 0.2) is 5.82 Å². The number of rotatable bonds is 4. The number of hydrogen-bond donors (Lipinski definition) is 4. The number of hydrogen-bond acceptors (Lipinski definition) is 7. The highest BCUT2D eigenvalue weighted by Crippen LogP contribution is 2.39. The van der Waals surface area contributed by atoms with Crippen LogP contribution in [-0.2, 0) is 17.2 Å². The third-order valence-corrected chi connectivity index (χ3v) is 6.01. The summed E-state index contributed by atoms with van der Waals surface area (Å²) >= 11 is 0. The predicted octanol–water partition coefficient (Wildman–Crippen LogP) is 2.91. The van der Waals surface area contributed by atoms with Gasteiger partial charge in [0.05, 0.1) is 11.3 Å². The van der Waals surface area contributed by atoms with Gasteiger partial charge in [-0.2, -0.15) is 8.42 Å². The van der Waals surface area contributed by atoms with Gasteiger partial charge in [-0.3, -0.25) is 4.55 Å². The van der Waals surface area contributed by atoms with E-state index in [1.165, 1.54) is 22.9 Å². The number of phenols is 2. The third kappa shape index (κ3) is 3.37. The standard InChI is InChI=1S/C20H20N4O6S/c1-10(2)12-7-14(17(26)8-16(12)25)19-21-22-20(27)24(19)11-4-5-15-13(6-11)18(9-23(15)3)31(28,29)30/h4-10,25-26H,1-3H3,(H,22,27)(H,28,29,30). The van der Waals surface area contributed by atoms with Crippen molar-refractivity contribution in [3.63, 3.8) is 0 Å². The highest BCUT2D eigenvalue weighted by Gasteiger charge is 2.23. The summed E-state index contributed by atoms with van der Waals surface area (Å²) in [4.78, 5) is -0.282.